The van der Waals surface area contributed by atoms with Gasteiger partial charge in [-0.1, -0.05) is 36.4 Å². The molecule has 0 unspecified atom stereocenters. The second kappa shape index (κ2) is 15.0. The van der Waals surface area contributed by atoms with Crippen LogP contribution >= 0.6 is 0 Å². The van der Waals surface area contributed by atoms with Crippen LogP contribution in [0, 0.1) is 23.3 Å². The molecule has 1 aliphatic rings. The number of hydrogen-bond acceptors (Lipinski definition) is 6. The number of nitrogens with one attached hydrogen (secondary N) is 1. The van der Waals surface area contributed by atoms with E-state index in [4.69, 9.17) is 10.5 Å². The number of para-hydroxylation sites is 1. The molecular weight excluding hydrogens is 646 g/mol. The van der Waals surface area contributed by atoms with Gasteiger partial charge in [0.2, 0.25) is 10.0 Å². The van der Waals surface area contributed by atoms with Crippen LogP contribution in [0.2, 0.25) is 0 Å². The van der Waals surface area contributed by atoms with Crippen molar-refractivity contribution in [2.45, 2.75) is 55.1 Å². The average molecular weight is 684 g/mol. The Kier molecular flexibility index (Phi) is 11.0. The third kappa shape index (κ3) is 7.62. The molecule has 1 aliphatic heterocycles. The van der Waals surface area contributed by atoms with Crippen molar-refractivity contribution in [1.29, 1.82) is 0 Å². The van der Waals surface area contributed by atoms with E-state index in [1.54, 1.807) is 31.2 Å². The van der Waals surface area contributed by atoms with Crippen molar-refractivity contribution in [3.8, 4) is 5.75 Å². The van der Waals surface area contributed by atoms with Crippen LogP contribution in [-0.4, -0.2) is 56.8 Å². The van der Waals surface area contributed by atoms with Gasteiger partial charge in [-0.05, 0) is 84.5 Å². The minimum Gasteiger partial charge on any atom is -0.495 e. The maximum atomic E-state index is 15.4. The fourth-order valence-corrected chi connectivity index (χ4v) is 8.49. The fraction of sp³-hybridized carbons (Fsp3) is 0.306. The molecule has 4 atom stereocenters. The van der Waals surface area contributed by atoms with Gasteiger partial charge >= 0.3 is 0 Å². The molecular formula is C36H37F4N3O4S. The van der Waals surface area contributed by atoms with Crippen LogP contribution in [0.5, 0.6) is 5.75 Å². The van der Waals surface area contributed by atoms with Crippen LogP contribution in [0.1, 0.15) is 41.5 Å². The summed E-state index contributed by atoms with van der Waals surface area (Å²) in [5.74, 6) is -4.17. The summed E-state index contributed by atoms with van der Waals surface area (Å²) in [6.07, 6.45) is 0.0466. The van der Waals surface area contributed by atoms with E-state index in [1.807, 2.05) is 0 Å². The van der Waals surface area contributed by atoms with Gasteiger partial charge < -0.3 is 15.8 Å². The Morgan fingerprint density at radius 3 is 2.29 bits per heavy atom. The van der Waals surface area contributed by atoms with Crippen molar-refractivity contribution < 1.29 is 35.5 Å². The first-order valence-corrected chi connectivity index (χ1v) is 17.0. The number of nitrogens with zero attached hydrogens (tertiary/aromatic N) is 1. The van der Waals surface area contributed by atoms with E-state index in [9.17, 15) is 26.4 Å². The molecule has 7 nitrogen and oxygen atoms in total. The van der Waals surface area contributed by atoms with Crippen molar-refractivity contribution in [3.05, 3.63) is 130 Å². The van der Waals surface area contributed by atoms with Crippen LogP contribution in [0.4, 0.5) is 17.6 Å². The number of methoxy groups -OCH3 is 1. The maximum Gasteiger partial charge on any atom is 0.247 e. The van der Waals surface area contributed by atoms with Gasteiger partial charge in [0.15, 0.2) is 5.78 Å². The number of benzene rings is 4. The Balaban J connectivity index is 1.40. The molecule has 0 bridgehead atoms. The van der Waals surface area contributed by atoms with Crippen LogP contribution < -0.4 is 15.8 Å². The minimum atomic E-state index is -4.00. The first kappa shape index (κ1) is 35.2. The zero-order chi connectivity index (χ0) is 34.6. The third-order valence-electron chi connectivity index (χ3n) is 8.75. The lowest BCUT2D eigenvalue weighted by Gasteiger charge is -2.40. The van der Waals surface area contributed by atoms with E-state index < -0.39 is 63.1 Å². The second-order valence-electron chi connectivity index (χ2n) is 12.0. The summed E-state index contributed by atoms with van der Waals surface area (Å²) in [7, 11) is -2.60. The summed E-state index contributed by atoms with van der Waals surface area (Å²) < 4.78 is 92.3. The molecule has 0 amide bonds. The smallest absolute Gasteiger partial charge is 0.247 e. The summed E-state index contributed by atoms with van der Waals surface area (Å²) in [6.45, 7) is 2.55. The topological polar surface area (TPSA) is 102 Å². The number of piperazine rings is 1. The number of carbonyl (C=O) groups excluding carboxylic acids is 1. The Bertz CT molecular complexity index is 1850. The minimum absolute atomic E-state index is 0.0336. The Morgan fingerprint density at radius 1 is 0.917 bits per heavy atom. The molecule has 0 radical (unpaired) electrons. The third-order valence-corrected chi connectivity index (χ3v) is 10.9. The predicted octanol–water partition coefficient (Wildman–Crippen LogP) is 5.51. The monoisotopic (exact) mass is 683 g/mol. The molecule has 254 valence electrons. The van der Waals surface area contributed by atoms with Gasteiger partial charge in [0, 0.05) is 43.6 Å². The fourth-order valence-electron chi connectivity index (χ4n) is 6.49. The first-order valence-electron chi connectivity index (χ1n) is 15.5. The van der Waals surface area contributed by atoms with Crippen molar-refractivity contribution in [2.75, 3.05) is 20.2 Å². The Morgan fingerprint density at radius 2 is 1.60 bits per heavy atom. The first-order chi connectivity index (χ1) is 22.9. The number of carbonyl (C=O) groups is 1. The molecule has 1 fully saturated rings. The van der Waals surface area contributed by atoms with Crippen molar-refractivity contribution in [2.24, 2.45) is 5.73 Å². The number of nitrogens with two attached hydrogens (primary N) is 1. The Hall–Kier alpha value is -4.10. The number of ether oxygens (including phenoxy) is 1. The molecule has 12 heteroatoms. The summed E-state index contributed by atoms with van der Waals surface area (Å²) in [4.78, 5) is 13.8. The number of rotatable bonds is 12. The molecule has 48 heavy (non-hydrogen) atoms. The summed E-state index contributed by atoms with van der Waals surface area (Å²) in [5.41, 5.74) is 7.53. The van der Waals surface area contributed by atoms with Crippen molar-refractivity contribution in [3.63, 3.8) is 0 Å². The van der Waals surface area contributed by atoms with Gasteiger partial charge in [-0.15, -0.1) is 0 Å². The number of Topliss-reactive ketones (excluding diaryl/α,β-unsaturated/α-hetero) is 1. The Labute approximate surface area is 277 Å². The van der Waals surface area contributed by atoms with Gasteiger partial charge in [0.25, 0.3) is 0 Å². The second-order valence-corrected chi connectivity index (χ2v) is 13.8. The van der Waals surface area contributed by atoms with E-state index in [2.05, 4.69) is 5.32 Å². The largest absolute Gasteiger partial charge is 0.495 e. The summed E-state index contributed by atoms with van der Waals surface area (Å²) >= 11 is 0. The zero-order valence-corrected chi connectivity index (χ0v) is 27.3. The lowest BCUT2D eigenvalue weighted by molar-refractivity contribution is -0.119. The number of hydrogen-bond donors (Lipinski definition) is 2. The summed E-state index contributed by atoms with van der Waals surface area (Å²) in [6, 6.07) is 16.4. The molecule has 0 aliphatic carbocycles. The SMILES string of the molecule is COc1ccccc1S(=O)(=O)N1[C@@H](CCc2c(F)cccc2CC(=O)[C@@H](N)[C@@H](c2ccc(F)cc2)c2cc(F)cc(F)c2)CNC[C@H]1C. The molecule has 1 saturated heterocycles. The molecule has 0 aromatic heterocycles. The standard InChI is InChI=1S/C36H37F4N3O4S/c1-22-20-42-21-29(43(22)48(45,46)34-9-4-3-8-33(34)47-2)14-15-30-24(6-5-7-31(30)40)18-32(44)36(41)35(23-10-12-26(37)13-11-23)25-16-27(38)19-28(39)17-25/h3-13,16-17,19,22,29,35-36,42H,14-15,18,20-21,41H2,1-2H3/t22-,29+,35+,36-/m1/s1. The van der Waals surface area contributed by atoms with E-state index in [0.29, 0.717) is 30.3 Å². The molecule has 5 rings (SSSR count). The van der Waals surface area contributed by atoms with Gasteiger partial charge in [-0.2, -0.15) is 4.31 Å². The predicted molar refractivity (Wildman–Crippen MR) is 174 cm³/mol. The van der Waals surface area contributed by atoms with Gasteiger partial charge in [-0.3, -0.25) is 4.79 Å². The van der Waals surface area contributed by atoms with Crippen LogP contribution in [0.25, 0.3) is 0 Å². The number of sulfonamides is 1. The van der Waals surface area contributed by atoms with Gasteiger partial charge in [-0.25, -0.2) is 26.0 Å². The molecule has 4 aromatic carbocycles. The molecule has 0 saturated carbocycles. The lowest BCUT2D eigenvalue weighted by atomic mass is 9.82. The highest BCUT2D eigenvalue weighted by molar-refractivity contribution is 7.89. The number of ketones is 1. The van der Waals surface area contributed by atoms with E-state index in [0.717, 1.165) is 24.3 Å². The van der Waals surface area contributed by atoms with Gasteiger partial charge in [0.05, 0.1) is 13.2 Å². The van der Waals surface area contributed by atoms with E-state index in [1.165, 1.54) is 41.7 Å². The highest BCUT2D eigenvalue weighted by Gasteiger charge is 2.39. The van der Waals surface area contributed by atoms with E-state index >= 15 is 4.39 Å². The van der Waals surface area contributed by atoms with Crippen molar-refractivity contribution >= 4 is 15.8 Å². The van der Waals surface area contributed by atoms with Gasteiger partial charge in [0.1, 0.15) is 33.9 Å². The lowest BCUT2D eigenvalue weighted by Crippen LogP contribution is -2.58. The highest BCUT2D eigenvalue weighted by Crippen LogP contribution is 2.33. The quantitative estimate of drug-likeness (QED) is 0.191. The van der Waals surface area contributed by atoms with Crippen LogP contribution in [0.3, 0.4) is 0 Å². The van der Waals surface area contributed by atoms with Crippen LogP contribution in [-0.2, 0) is 27.7 Å². The summed E-state index contributed by atoms with van der Waals surface area (Å²) in [5, 5.41) is 3.26. The molecule has 4 aromatic rings. The number of halogens is 4. The molecule has 3 N–H and O–H groups in total. The molecule has 1 heterocycles. The van der Waals surface area contributed by atoms with E-state index in [-0.39, 0.29) is 41.0 Å². The maximum absolute atomic E-state index is 15.4. The van der Waals surface area contributed by atoms with Crippen molar-refractivity contribution in [1.82, 2.24) is 9.62 Å². The highest BCUT2D eigenvalue weighted by atomic mass is 32.2. The normalized spacial score (nSPS) is 18.3. The molecule has 0 spiro atoms. The zero-order valence-electron chi connectivity index (χ0n) is 26.5. The van der Waals surface area contributed by atoms with Crippen LogP contribution in [0.15, 0.2) is 89.8 Å². The average Bonchev–Trinajstić information content (AvgIpc) is 3.05.